The molecule has 0 saturated carbocycles. The van der Waals surface area contributed by atoms with Gasteiger partial charge < -0.3 is 29.8 Å². The number of pyridine rings is 3. The lowest BCUT2D eigenvalue weighted by atomic mass is 10.00. The highest BCUT2D eigenvalue weighted by Crippen LogP contribution is 2.36. The van der Waals surface area contributed by atoms with Crippen LogP contribution in [0, 0.1) is 0 Å². The van der Waals surface area contributed by atoms with E-state index < -0.39 is 5.91 Å². The number of hydrogen-bond acceptors (Lipinski definition) is 8. The molecule has 2 aromatic carbocycles. The van der Waals surface area contributed by atoms with Gasteiger partial charge in [-0.25, -0.2) is 4.98 Å². The molecule has 5 aromatic rings. The lowest BCUT2D eigenvalue weighted by Gasteiger charge is -2.17. The summed E-state index contributed by atoms with van der Waals surface area (Å²) in [4.78, 5) is 35.5. The van der Waals surface area contributed by atoms with Crippen LogP contribution in [0.5, 0.6) is 23.0 Å². The summed E-state index contributed by atoms with van der Waals surface area (Å²) in [5.41, 5.74) is 3.08. The molecule has 0 fully saturated rings. The number of hydrogen-bond donors (Lipinski definition) is 3. The van der Waals surface area contributed by atoms with E-state index in [1.807, 2.05) is 36.5 Å². The van der Waals surface area contributed by atoms with E-state index in [2.05, 4.69) is 26.7 Å². The maximum absolute atomic E-state index is 13.5. The second-order valence-electron chi connectivity index (χ2n) is 10.0. The third-order valence-electron chi connectivity index (χ3n) is 7.17. The monoisotopic (exact) mass is 575 g/mol. The Labute approximate surface area is 247 Å². The maximum atomic E-state index is 13.5. The fourth-order valence-corrected chi connectivity index (χ4v) is 4.97. The number of benzene rings is 2. The second kappa shape index (κ2) is 12.2. The number of methoxy groups -OCH3 is 1. The van der Waals surface area contributed by atoms with Gasteiger partial charge in [0, 0.05) is 30.4 Å². The van der Waals surface area contributed by atoms with Gasteiger partial charge in [0.25, 0.3) is 11.5 Å². The highest BCUT2D eigenvalue weighted by atomic mass is 16.5. The zero-order valence-electron chi connectivity index (χ0n) is 23.4. The minimum Gasteiger partial charge on any atom is -0.504 e. The number of amides is 1. The van der Waals surface area contributed by atoms with Crippen LogP contribution in [0.4, 0.5) is 5.82 Å². The largest absolute Gasteiger partial charge is 0.504 e. The summed E-state index contributed by atoms with van der Waals surface area (Å²) in [7, 11) is 1.47. The molecule has 0 saturated heterocycles. The van der Waals surface area contributed by atoms with Crippen LogP contribution >= 0.6 is 0 Å². The maximum Gasteiger partial charge on any atom is 0.263 e. The van der Waals surface area contributed by atoms with E-state index in [-0.39, 0.29) is 22.7 Å². The van der Waals surface area contributed by atoms with Gasteiger partial charge in [-0.05, 0) is 60.0 Å². The van der Waals surface area contributed by atoms with E-state index in [1.165, 1.54) is 19.4 Å². The van der Waals surface area contributed by atoms with Gasteiger partial charge in [-0.15, -0.1) is 0 Å². The van der Waals surface area contributed by atoms with Gasteiger partial charge in [0.05, 0.1) is 25.4 Å². The number of carbonyl (C=O) groups excluding carboxylic acids is 1. The van der Waals surface area contributed by atoms with E-state index in [4.69, 9.17) is 9.47 Å². The Morgan fingerprint density at radius 3 is 2.67 bits per heavy atom. The van der Waals surface area contributed by atoms with Crippen LogP contribution in [0.3, 0.4) is 0 Å². The fourth-order valence-electron chi connectivity index (χ4n) is 4.97. The third-order valence-corrected chi connectivity index (χ3v) is 7.17. The number of phenolic OH excluding ortho intramolecular Hbond substituents is 1. The molecule has 3 aromatic heterocycles. The molecule has 0 unspecified atom stereocenters. The van der Waals surface area contributed by atoms with Crippen LogP contribution in [0.1, 0.15) is 27.9 Å². The van der Waals surface area contributed by atoms with Gasteiger partial charge in [0.15, 0.2) is 11.5 Å². The number of nitrogens with one attached hydrogen (secondary N) is 2. The average molecular weight is 576 g/mol. The molecule has 3 N–H and O–H groups in total. The number of nitrogens with zero attached hydrogens (tertiary/aromatic N) is 3. The Kier molecular flexibility index (Phi) is 7.84. The molecule has 4 heterocycles. The standard InChI is InChI=1S/C33H29N5O5/c1-42-30-16-25-27(17-28(30)39)35-14-11-29(25)43-24-7-8-31(36-18-24)37-32(40)26-15-23(22-9-12-34-13-10-22)20-38(33(26)41)19-21-5-3-2-4-6-21/h2-9,11,14-18,20,34,39H,10,12-13,19H2,1H3,(H,36,37,40). The average Bonchev–Trinajstić information content (AvgIpc) is 3.03. The molecule has 6 rings (SSSR count). The fraction of sp³-hybridized carbons (Fsp3) is 0.152. The highest BCUT2D eigenvalue weighted by Gasteiger charge is 2.18. The van der Waals surface area contributed by atoms with Crippen molar-refractivity contribution < 1.29 is 19.4 Å². The van der Waals surface area contributed by atoms with Gasteiger partial charge in [0.2, 0.25) is 0 Å². The molecule has 0 radical (unpaired) electrons. The Bertz CT molecular complexity index is 1880. The first-order valence-corrected chi connectivity index (χ1v) is 13.8. The predicted octanol–water partition coefficient (Wildman–Crippen LogP) is 4.98. The minimum atomic E-state index is -0.545. The van der Waals surface area contributed by atoms with Gasteiger partial charge >= 0.3 is 0 Å². The van der Waals surface area contributed by atoms with Crippen LogP contribution in [0.15, 0.2) is 96.2 Å². The van der Waals surface area contributed by atoms with Crippen molar-refractivity contribution in [1.82, 2.24) is 19.9 Å². The summed E-state index contributed by atoms with van der Waals surface area (Å²) in [6, 6.07) is 19.4. The van der Waals surface area contributed by atoms with E-state index in [1.54, 1.807) is 41.1 Å². The SMILES string of the molecule is COc1cc2c(Oc3ccc(NC(=O)c4cc(C5=CCNCC5)cn(Cc5ccccc5)c4=O)nc3)ccnc2cc1O. The first-order chi connectivity index (χ1) is 21.0. The molecule has 0 spiro atoms. The van der Waals surface area contributed by atoms with Crippen molar-refractivity contribution >= 4 is 28.2 Å². The zero-order chi connectivity index (χ0) is 29.8. The Morgan fingerprint density at radius 1 is 1.07 bits per heavy atom. The first-order valence-electron chi connectivity index (χ1n) is 13.8. The minimum absolute atomic E-state index is 0.0220. The van der Waals surface area contributed by atoms with Crippen molar-refractivity contribution in [2.45, 2.75) is 13.0 Å². The number of anilines is 1. The normalized spacial score (nSPS) is 12.9. The zero-order valence-corrected chi connectivity index (χ0v) is 23.4. The lowest BCUT2D eigenvalue weighted by molar-refractivity contribution is 0.102. The number of fused-ring (bicyclic) bond motifs is 1. The number of aromatic nitrogens is 3. The number of ether oxygens (including phenoxy) is 2. The topological polar surface area (TPSA) is 128 Å². The number of aromatic hydroxyl groups is 1. The van der Waals surface area contributed by atoms with Crippen LogP contribution in [-0.4, -0.2) is 45.7 Å². The van der Waals surface area contributed by atoms with Crippen LogP contribution in [0.25, 0.3) is 16.5 Å². The van der Waals surface area contributed by atoms with Crippen molar-refractivity contribution in [3.8, 4) is 23.0 Å². The molecule has 0 bridgehead atoms. The molecular formula is C33H29N5O5. The quantitative estimate of drug-likeness (QED) is 0.237. The molecule has 1 amide bonds. The molecule has 0 aliphatic carbocycles. The number of rotatable bonds is 8. The smallest absolute Gasteiger partial charge is 0.263 e. The van der Waals surface area contributed by atoms with Crippen molar-refractivity contribution in [3.63, 3.8) is 0 Å². The van der Waals surface area contributed by atoms with Gasteiger partial charge in [0.1, 0.15) is 22.9 Å². The Morgan fingerprint density at radius 2 is 1.93 bits per heavy atom. The van der Waals surface area contributed by atoms with Gasteiger partial charge in [-0.1, -0.05) is 36.4 Å². The lowest BCUT2D eigenvalue weighted by Crippen LogP contribution is -2.30. The Hall–Kier alpha value is -5.48. The van der Waals surface area contributed by atoms with E-state index in [9.17, 15) is 14.7 Å². The van der Waals surface area contributed by atoms with Gasteiger partial charge in [-0.3, -0.25) is 14.6 Å². The number of carbonyl (C=O) groups is 1. The van der Waals surface area contributed by atoms with Gasteiger partial charge in [-0.2, -0.15) is 0 Å². The summed E-state index contributed by atoms with van der Waals surface area (Å²) in [6.07, 6.45) is 7.76. The number of phenols is 1. The highest BCUT2D eigenvalue weighted by molar-refractivity contribution is 6.04. The molecule has 10 nitrogen and oxygen atoms in total. The molecule has 0 atom stereocenters. The molecular weight excluding hydrogens is 546 g/mol. The summed E-state index contributed by atoms with van der Waals surface area (Å²) < 4.78 is 12.8. The molecule has 43 heavy (non-hydrogen) atoms. The summed E-state index contributed by atoms with van der Waals surface area (Å²) >= 11 is 0. The third kappa shape index (κ3) is 6.09. The second-order valence-corrected chi connectivity index (χ2v) is 10.0. The van der Waals surface area contributed by atoms with Crippen LogP contribution < -0.4 is 25.7 Å². The van der Waals surface area contributed by atoms with E-state index in [0.717, 1.165) is 36.2 Å². The van der Waals surface area contributed by atoms with Crippen molar-refractivity contribution in [1.29, 1.82) is 0 Å². The molecule has 216 valence electrons. The summed E-state index contributed by atoms with van der Waals surface area (Å²) in [5, 5.41) is 16.8. The Balaban J connectivity index is 1.25. The molecule has 1 aliphatic rings. The first kappa shape index (κ1) is 27.7. The molecule has 1 aliphatic heterocycles. The summed E-state index contributed by atoms with van der Waals surface area (Å²) in [5.74, 6) is 0.907. The molecule has 10 heteroatoms. The summed E-state index contributed by atoms with van der Waals surface area (Å²) in [6.45, 7) is 1.91. The van der Waals surface area contributed by atoms with Crippen LogP contribution in [0.2, 0.25) is 0 Å². The van der Waals surface area contributed by atoms with Crippen molar-refractivity contribution in [3.05, 3.63) is 118 Å². The van der Waals surface area contributed by atoms with E-state index >= 15 is 0 Å². The van der Waals surface area contributed by atoms with Crippen LogP contribution in [-0.2, 0) is 6.54 Å². The van der Waals surface area contributed by atoms with Crippen molar-refractivity contribution in [2.75, 3.05) is 25.5 Å². The predicted molar refractivity (Wildman–Crippen MR) is 164 cm³/mol. The van der Waals surface area contributed by atoms with Crippen molar-refractivity contribution in [2.24, 2.45) is 0 Å². The van der Waals surface area contributed by atoms with E-state index in [0.29, 0.717) is 34.7 Å².